The lowest BCUT2D eigenvalue weighted by Gasteiger charge is -2.08. The van der Waals surface area contributed by atoms with Crippen LogP contribution in [-0.2, 0) is 16.6 Å². The maximum Gasteiger partial charge on any atom is 0.242 e. The maximum atomic E-state index is 12.1. The predicted octanol–water partition coefficient (Wildman–Crippen LogP) is 1.48. The molecule has 0 bridgehead atoms. The average Bonchev–Trinajstić information content (AvgIpc) is 2.47. The summed E-state index contributed by atoms with van der Waals surface area (Å²) in [6.07, 6.45) is 1.49. The number of sulfonamides is 1. The maximum absolute atomic E-state index is 12.1. The first-order valence-corrected chi connectivity index (χ1v) is 7.35. The Balaban J connectivity index is 2.25. The van der Waals surface area contributed by atoms with Crippen LogP contribution in [0.4, 0.5) is 0 Å². The minimum atomic E-state index is -3.82. The van der Waals surface area contributed by atoms with Crippen LogP contribution in [0.25, 0.3) is 0 Å². The van der Waals surface area contributed by atoms with Crippen LogP contribution < -0.4 is 4.72 Å². The summed E-state index contributed by atoms with van der Waals surface area (Å²) in [7, 11) is -3.82. The van der Waals surface area contributed by atoms with Crippen molar-refractivity contribution < 1.29 is 8.42 Å². The van der Waals surface area contributed by atoms with E-state index in [0.29, 0.717) is 5.69 Å². The Morgan fingerprint density at radius 3 is 2.80 bits per heavy atom. The number of nitrogens with one attached hydrogen (secondary N) is 1. The van der Waals surface area contributed by atoms with Crippen molar-refractivity contribution in [2.24, 2.45) is 0 Å². The van der Waals surface area contributed by atoms with Crippen molar-refractivity contribution in [1.29, 1.82) is 5.26 Å². The van der Waals surface area contributed by atoms with Gasteiger partial charge in [-0.2, -0.15) is 15.5 Å². The molecule has 20 heavy (non-hydrogen) atoms. The van der Waals surface area contributed by atoms with Gasteiger partial charge in [-0.3, -0.25) is 0 Å². The fraction of sp³-hybridized carbons (Fsp3) is 0.0833. The summed E-state index contributed by atoms with van der Waals surface area (Å²) in [6, 6.07) is 9.21. The molecule has 0 saturated carbocycles. The smallest absolute Gasteiger partial charge is 0.207 e. The van der Waals surface area contributed by atoms with Crippen molar-refractivity contribution in [3.05, 3.63) is 52.8 Å². The monoisotopic (exact) mass is 308 g/mol. The zero-order valence-electron chi connectivity index (χ0n) is 10.1. The molecule has 0 saturated heterocycles. The van der Waals surface area contributed by atoms with E-state index in [1.807, 2.05) is 6.07 Å². The molecule has 1 aromatic heterocycles. The van der Waals surface area contributed by atoms with E-state index in [-0.39, 0.29) is 22.0 Å². The van der Waals surface area contributed by atoms with Crippen molar-refractivity contribution >= 4 is 21.6 Å². The number of hydrogen-bond acceptors (Lipinski definition) is 5. The van der Waals surface area contributed by atoms with Crippen molar-refractivity contribution in [3.63, 3.8) is 0 Å². The van der Waals surface area contributed by atoms with Crippen LogP contribution in [0.5, 0.6) is 0 Å². The van der Waals surface area contributed by atoms with Gasteiger partial charge < -0.3 is 0 Å². The highest BCUT2D eigenvalue weighted by Gasteiger charge is 2.18. The first-order valence-electron chi connectivity index (χ1n) is 5.49. The quantitative estimate of drug-likeness (QED) is 0.923. The Hall–Kier alpha value is -2.01. The van der Waals surface area contributed by atoms with Gasteiger partial charge in [-0.15, -0.1) is 0 Å². The van der Waals surface area contributed by atoms with E-state index in [2.05, 4.69) is 14.9 Å². The second kappa shape index (κ2) is 5.96. The normalized spacial score (nSPS) is 11.0. The molecular formula is C12H9ClN4O2S. The van der Waals surface area contributed by atoms with Gasteiger partial charge in [0, 0.05) is 6.20 Å². The van der Waals surface area contributed by atoms with Crippen LogP contribution in [-0.4, -0.2) is 18.6 Å². The highest BCUT2D eigenvalue weighted by molar-refractivity contribution is 7.89. The molecule has 0 amide bonds. The van der Waals surface area contributed by atoms with Crippen LogP contribution >= 0.6 is 11.6 Å². The van der Waals surface area contributed by atoms with E-state index in [1.165, 1.54) is 24.4 Å². The fourth-order valence-corrected chi connectivity index (χ4v) is 2.98. The number of nitriles is 1. The number of hydrogen-bond donors (Lipinski definition) is 1. The third-order valence-electron chi connectivity index (χ3n) is 2.42. The van der Waals surface area contributed by atoms with E-state index in [0.717, 1.165) is 0 Å². The predicted molar refractivity (Wildman–Crippen MR) is 72.2 cm³/mol. The Labute approximate surface area is 121 Å². The average molecular weight is 309 g/mol. The summed E-state index contributed by atoms with van der Waals surface area (Å²) in [4.78, 5) is -0.137. The van der Waals surface area contributed by atoms with Gasteiger partial charge in [0.2, 0.25) is 10.0 Å². The van der Waals surface area contributed by atoms with Crippen molar-refractivity contribution in [2.45, 2.75) is 11.4 Å². The second-order valence-electron chi connectivity index (χ2n) is 3.80. The van der Waals surface area contributed by atoms with E-state index < -0.39 is 10.0 Å². The van der Waals surface area contributed by atoms with Crippen molar-refractivity contribution in [1.82, 2.24) is 14.9 Å². The third kappa shape index (κ3) is 3.30. The van der Waals surface area contributed by atoms with Crippen molar-refractivity contribution in [2.75, 3.05) is 0 Å². The van der Waals surface area contributed by atoms with Crippen LogP contribution in [0.2, 0.25) is 5.02 Å². The molecule has 0 spiro atoms. The van der Waals surface area contributed by atoms with Crippen LogP contribution in [0.3, 0.4) is 0 Å². The van der Waals surface area contributed by atoms with Gasteiger partial charge in [-0.05, 0) is 30.3 Å². The molecule has 2 aromatic rings. The van der Waals surface area contributed by atoms with Gasteiger partial charge in [0.1, 0.15) is 4.90 Å². The van der Waals surface area contributed by atoms with Gasteiger partial charge in [-0.1, -0.05) is 11.6 Å². The summed E-state index contributed by atoms with van der Waals surface area (Å²) < 4.78 is 26.6. The van der Waals surface area contributed by atoms with Gasteiger partial charge in [-0.25, -0.2) is 13.1 Å². The zero-order chi connectivity index (χ0) is 14.6. The number of rotatable bonds is 4. The highest BCUT2D eigenvalue weighted by Crippen LogP contribution is 2.22. The Kier molecular flexibility index (Phi) is 4.29. The topological polar surface area (TPSA) is 95.7 Å². The zero-order valence-corrected chi connectivity index (χ0v) is 11.7. The first kappa shape index (κ1) is 14.4. The lowest BCUT2D eigenvalue weighted by atomic mass is 10.2. The number of halogens is 1. The summed E-state index contributed by atoms with van der Waals surface area (Å²) >= 11 is 5.86. The van der Waals surface area contributed by atoms with E-state index in [4.69, 9.17) is 16.9 Å². The Morgan fingerprint density at radius 2 is 2.15 bits per heavy atom. The summed E-state index contributed by atoms with van der Waals surface area (Å²) in [5.74, 6) is 0. The highest BCUT2D eigenvalue weighted by atomic mass is 35.5. The third-order valence-corrected chi connectivity index (χ3v) is 4.30. The molecule has 6 nitrogen and oxygen atoms in total. The molecule has 0 aliphatic carbocycles. The largest absolute Gasteiger partial charge is 0.242 e. The minimum Gasteiger partial charge on any atom is -0.207 e. The number of aromatic nitrogens is 2. The molecule has 0 atom stereocenters. The standard InChI is InChI=1S/C12H9ClN4O2S/c13-11-4-3-9(7-14)6-12(11)20(18,19)16-8-10-2-1-5-15-17-10/h1-6,16H,8H2. The van der Waals surface area contributed by atoms with E-state index in [1.54, 1.807) is 12.1 Å². The Morgan fingerprint density at radius 1 is 1.35 bits per heavy atom. The molecule has 0 radical (unpaired) electrons. The van der Waals surface area contributed by atoms with Crippen LogP contribution in [0.15, 0.2) is 41.4 Å². The number of benzene rings is 1. The molecule has 2 rings (SSSR count). The van der Waals surface area contributed by atoms with Gasteiger partial charge in [0.15, 0.2) is 0 Å². The van der Waals surface area contributed by atoms with Gasteiger partial charge in [0.05, 0.1) is 28.9 Å². The van der Waals surface area contributed by atoms with Crippen LogP contribution in [0, 0.1) is 11.3 Å². The molecule has 8 heteroatoms. The molecular weight excluding hydrogens is 300 g/mol. The first-order chi connectivity index (χ1) is 9.53. The molecule has 1 aromatic carbocycles. The van der Waals surface area contributed by atoms with Crippen molar-refractivity contribution in [3.8, 4) is 6.07 Å². The van der Waals surface area contributed by atoms with Gasteiger partial charge >= 0.3 is 0 Å². The Bertz CT molecular complexity index is 757. The number of nitrogens with zero attached hydrogens (tertiary/aromatic N) is 3. The summed E-state index contributed by atoms with van der Waals surface area (Å²) in [5, 5.41) is 16.3. The minimum absolute atomic E-state index is 0.0106. The lowest BCUT2D eigenvalue weighted by molar-refractivity contribution is 0.580. The summed E-state index contributed by atoms with van der Waals surface area (Å²) in [6.45, 7) is -0.0106. The van der Waals surface area contributed by atoms with E-state index in [9.17, 15) is 8.42 Å². The molecule has 0 aliphatic rings. The molecule has 0 unspecified atom stereocenters. The fourth-order valence-electron chi connectivity index (χ4n) is 1.45. The second-order valence-corrected chi connectivity index (χ2v) is 5.94. The lowest BCUT2D eigenvalue weighted by Crippen LogP contribution is -2.24. The van der Waals surface area contributed by atoms with Crippen LogP contribution in [0.1, 0.15) is 11.3 Å². The van der Waals surface area contributed by atoms with Gasteiger partial charge in [0.25, 0.3) is 0 Å². The molecule has 0 fully saturated rings. The SMILES string of the molecule is N#Cc1ccc(Cl)c(S(=O)(=O)NCc2cccnn2)c1. The van der Waals surface area contributed by atoms with E-state index >= 15 is 0 Å². The molecule has 1 N–H and O–H groups in total. The summed E-state index contributed by atoms with van der Waals surface area (Å²) in [5.41, 5.74) is 0.693. The molecule has 102 valence electrons. The molecule has 0 aliphatic heterocycles. The molecule has 1 heterocycles.